The third-order valence-corrected chi connectivity index (χ3v) is 8.39. The highest BCUT2D eigenvalue weighted by Gasteiger charge is 2.35. The van der Waals surface area contributed by atoms with Gasteiger partial charge in [-0.3, -0.25) is 9.59 Å². The van der Waals surface area contributed by atoms with Crippen LogP contribution in [-0.2, 0) is 19.6 Å². The molecule has 4 rings (SSSR count). The molecule has 3 aliphatic heterocycles. The van der Waals surface area contributed by atoms with Crippen molar-refractivity contribution in [3.63, 3.8) is 0 Å². The first-order valence-corrected chi connectivity index (χ1v) is 12.6. The van der Waals surface area contributed by atoms with Crippen LogP contribution in [0.1, 0.15) is 51.4 Å². The molecule has 0 N–H and O–H groups in total. The lowest BCUT2D eigenvalue weighted by Gasteiger charge is -2.34. The van der Waals surface area contributed by atoms with Gasteiger partial charge < -0.3 is 9.80 Å². The summed E-state index contributed by atoms with van der Waals surface area (Å²) in [6.07, 6.45) is 7.21. The summed E-state index contributed by atoms with van der Waals surface area (Å²) < 4.78 is 27.9. The van der Waals surface area contributed by atoms with E-state index in [0.29, 0.717) is 25.9 Å². The molecule has 0 spiro atoms. The smallest absolute Gasteiger partial charge is 0.243 e. The zero-order chi connectivity index (χ0) is 21.1. The molecule has 3 aliphatic rings. The van der Waals surface area contributed by atoms with E-state index in [9.17, 15) is 18.0 Å². The summed E-state index contributed by atoms with van der Waals surface area (Å²) in [7, 11) is -3.66. The van der Waals surface area contributed by atoms with E-state index in [1.54, 1.807) is 29.2 Å². The summed E-state index contributed by atoms with van der Waals surface area (Å²) in [6.45, 7) is 2.96. The van der Waals surface area contributed by atoms with Crippen molar-refractivity contribution in [3.8, 4) is 0 Å². The molecule has 2 amide bonds. The number of rotatable bonds is 4. The van der Waals surface area contributed by atoms with Gasteiger partial charge in [-0.25, -0.2) is 8.42 Å². The van der Waals surface area contributed by atoms with Crippen molar-refractivity contribution in [1.82, 2.24) is 9.21 Å². The molecule has 1 aromatic rings. The lowest BCUT2D eigenvalue weighted by Crippen LogP contribution is -2.46. The predicted octanol–water partition coefficient (Wildman–Crippen LogP) is 2.62. The number of piperidine rings is 1. The number of likely N-dealkylation sites (tertiary alicyclic amines) is 1. The van der Waals surface area contributed by atoms with Crippen LogP contribution in [0.2, 0.25) is 0 Å². The van der Waals surface area contributed by atoms with Crippen LogP contribution >= 0.6 is 0 Å². The minimum atomic E-state index is -3.66. The van der Waals surface area contributed by atoms with Crippen molar-refractivity contribution in [2.24, 2.45) is 5.92 Å². The Bertz CT molecular complexity index is 876. The minimum absolute atomic E-state index is 0.0801. The molecule has 1 aromatic carbocycles. The highest BCUT2D eigenvalue weighted by molar-refractivity contribution is 7.89. The van der Waals surface area contributed by atoms with E-state index in [2.05, 4.69) is 0 Å². The molecule has 7 nitrogen and oxygen atoms in total. The Morgan fingerprint density at radius 1 is 0.867 bits per heavy atom. The zero-order valence-corrected chi connectivity index (χ0v) is 18.3. The van der Waals surface area contributed by atoms with Gasteiger partial charge in [0.05, 0.1) is 10.8 Å². The van der Waals surface area contributed by atoms with Crippen molar-refractivity contribution in [3.05, 3.63) is 24.3 Å². The monoisotopic (exact) mass is 433 g/mol. The number of sulfonamides is 1. The molecular formula is C22H31N3O4S. The normalized spacial score (nSPS) is 24.1. The Kier molecular flexibility index (Phi) is 6.43. The van der Waals surface area contributed by atoms with Gasteiger partial charge in [0.2, 0.25) is 21.8 Å². The Morgan fingerprint density at radius 2 is 1.57 bits per heavy atom. The summed E-state index contributed by atoms with van der Waals surface area (Å²) in [4.78, 5) is 28.8. The topological polar surface area (TPSA) is 78.0 Å². The van der Waals surface area contributed by atoms with Crippen LogP contribution < -0.4 is 4.90 Å². The Labute approximate surface area is 179 Å². The number of carbonyl (C=O) groups excluding carboxylic acids is 2. The summed E-state index contributed by atoms with van der Waals surface area (Å²) in [5.74, 6) is -0.0654. The van der Waals surface area contributed by atoms with E-state index in [1.807, 2.05) is 4.90 Å². The SMILES string of the molecule is O=C([C@@H]1CCCN(S(=O)(=O)c2ccc(N3CCCC3=O)cc2)C1)N1CCCCCC1. The lowest BCUT2D eigenvalue weighted by molar-refractivity contribution is -0.136. The van der Waals surface area contributed by atoms with Gasteiger partial charge in [0.25, 0.3) is 0 Å². The summed E-state index contributed by atoms with van der Waals surface area (Å²) in [5.41, 5.74) is 0.740. The first-order chi connectivity index (χ1) is 14.5. The summed E-state index contributed by atoms with van der Waals surface area (Å²) in [6, 6.07) is 6.58. The second-order valence-corrected chi connectivity index (χ2v) is 10.5. The molecule has 30 heavy (non-hydrogen) atoms. The number of amides is 2. The summed E-state index contributed by atoms with van der Waals surface area (Å²) in [5, 5.41) is 0. The van der Waals surface area contributed by atoms with Crippen LogP contribution in [-0.4, -0.2) is 62.2 Å². The van der Waals surface area contributed by atoms with E-state index in [0.717, 1.165) is 57.3 Å². The highest BCUT2D eigenvalue weighted by Crippen LogP contribution is 2.28. The maximum atomic E-state index is 13.2. The molecule has 0 saturated carbocycles. The highest BCUT2D eigenvalue weighted by atomic mass is 32.2. The Balaban J connectivity index is 1.45. The zero-order valence-electron chi connectivity index (χ0n) is 17.5. The number of anilines is 1. The maximum absolute atomic E-state index is 13.2. The fraction of sp³-hybridized carbons (Fsp3) is 0.636. The predicted molar refractivity (Wildman–Crippen MR) is 115 cm³/mol. The first-order valence-electron chi connectivity index (χ1n) is 11.2. The van der Waals surface area contributed by atoms with Crippen molar-refractivity contribution in [2.75, 3.05) is 37.6 Å². The largest absolute Gasteiger partial charge is 0.342 e. The Hall–Kier alpha value is -1.93. The van der Waals surface area contributed by atoms with Gasteiger partial charge in [-0.15, -0.1) is 0 Å². The van der Waals surface area contributed by atoms with Crippen LogP contribution in [0.25, 0.3) is 0 Å². The molecule has 3 heterocycles. The van der Waals surface area contributed by atoms with Gasteiger partial charge in [0, 0.05) is 44.8 Å². The second-order valence-electron chi connectivity index (χ2n) is 8.58. The summed E-state index contributed by atoms with van der Waals surface area (Å²) >= 11 is 0. The van der Waals surface area contributed by atoms with Crippen molar-refractivity contribution < 1.29 is 18.0 Å². The average molecular weight is 434 g/mol. The fourth-order valence-corrected chi connectivity index (χ4v) is 6.30. The molecular weight excluding hydrogens is 402 g/mol. The molecule has 0 aromatic heterocycles. The molecule has 8 heteroatoms. The van der Waals surface area contributed by atoms with Crippen LogP contribution in [0, 0.1) is 5.92 Å². The number of hydrogen-bond donors (Lipinski definition) is 0. The van der Waals surface area contributed by atoms with E-state index < -0.39 is 10.0 Å². The van der Waals surface area contributed by atoms with Gasteiger partial charge >= 0.3 is 0 Å². The molecule has 0 aliphatic carbocycles. The van der Waals surface area contributed by atoms with Crippen LogP contribution in [0.3, 0.4) is 0 Å². The fourth-order valence-electron chi connectivity index (χ4n) is 4.78. The van der Waals surface area contributed by atoms with Crippen molar-refractivity contribution in [1.29, 1.82) is 0 Å². The average Bonchev–Trinajstić information content (AvgIpc) is 3.01. The second kappa shape index (κ2) is 9.06. The Morgan fingerprint density at radius 3 is 2.20 bits per heavy atom. The van der Waals surface area contributed by atoms with E-state index in [4.69, 9.17) is 0 Å². The molecule has 3 saturated heterocycles. The standard InChI is InChI=1S/C22H31N3O4S/c26-21-8-6-16-25(21)19-9-11-20(12-10-19)30(28,29)24-15-5-7-18(17-24)22(27)23-13-3-1-2-4-14-23/h9-12,18H,1-8,13-17H2/t18-/m1/s1. The van der Waals surface area contributed by atoms with E-state index in [1.165, 1.54) is 4.31 Å². The van der Waals surface area contributed by atoms with Gasteiger partial charge in [0.15, 0.2) is 0 Å². The molecule has 0 radical (unpaired) electrons. The third kappa shape index (κ3) is 4.39. The molecule has 0 bridgehead atoms. The lowest BCUT2D eigenvalue weighted by atomic mass is 9.98. The van der Waals surface area contributed by atoms with Crippen LogP contribution in [0.5, 0.6) is 0 Å². The first kappa shape index (κ1) is 21.3. The van der Waals surface area contributed by atoms with Gasteiger partial charge in [-0.05, 0) is 56.4 Å². The van der Waals surface area contributed by atoms with Gasteiger partial charge in [-0.1, -0.05) is 12.8 Å². The molecule has 1 atom stereocenters. The quantitative estimate of drug-likeness (QED) is 0.731. The number of benzene rings is 1. The number of hydrogen-bond acceptors (Lipinski definition) is 4. The van der Waals surface area contributed by atoms with Crippen LogP contribution in [0.4, 0.5) is 5.69 Å². The molecule has 164 valence electrons. The maximum Gasteiger partial charge on any atom is 0.243 e. The number of nitrogens with zero attached hydrogens (tertiary/aromatic N) is 3. The van der Waals surface area contributed by atoms with E-state index >= 15 is 0 Å². The molecule has 0 unspecified atom stereocenters. The van der Waals surface area contributed by atoms with Crippen LogP contribution in [0.15, 0.2) is 29.2 Å². The van der Waals surface area contributed by atoms with Crippen molar-refractivity contribution >= 4 is 27.5 Å². The number of carbonyl (C=O) groups is 2. The minimum Gasteiger partial charge on any atom is -0.342 e. The molecule has 3 fully saturated rings. The van der Waals surface area contributed by atoms with Gasteiger partial charge in [0.1, 0.15) is 0 Å². The third-order valence-electron chi connectivity index (χ3n) is 6.51. The van der Waals surface area contributed by atoms with Crippen molar-refractivity contribution in [2.45, 2.75) is 56.3 Å². The van der Waals surface area contributed by atoms with E-state index in [-0.39, 0.29) is 29.2 Å². The van der Waals surface area contributed by atoms with Gasteiger partial charge in [-0.2, -0.15) is 4.31 Å².